The number of hydrogen-bond donors (Lipinski definition) is 1. The van der Waals surface area contributed by atoms with E-state index >= 15 is 0 Å². The van der Waals surface area contributed by atoms with Crippen LogP contribution in [0.25, 0.3) is 0 Å². The van der Waals surface area contributed by atoms with Gasteiger partial charge in [0.15, 0.2) is 0 Å². The molecule has 0 saturated carbocycles. The Hall–Kier alpha value is -2.57. The minimum absolute atomic E-state index is 0.0419. The second kappa shape index (κ2) is 9.71. The van der Waals surface area contributed by atoms with Crippen molar-refractivity contribution in [2.24, 2.45) is 10.9 Å². The normalized spacial score (nSPS) is 22.1. The molecule has 2 amide bonds. The summed E-state index contributed by atoms with van der Waals surface area (Å²) in [4.78, 5) is 31.9. The number of aliphatic imine (C=N–C) groups is 1. The number of amides is 2. The predicted molar refractivity (Wildman–Crippen MR) is 120 cm³/mol. The van der Waals surface area contributed by atoms with Crippen molar-refractivity contribution in [1.82, 2.24) is 10.2 Å². The Bertz CT molecular complexity index is 801. The molecule has 2 aliphatic heterocycles. The molecule has 0 spiro atoms. The highest BCUT2D eigenvalue weighted by molar-refractivity contribution is 5.92. The van der Waals surface area contributed by atoms with E-state index in [-0.39, 0.29) is 23.9 Å². The first-order valence-corrected chi connectivity index (χ1v) is 11.2. The molecule has 3 rings (SSSR count). The summed E-state index contributed by atoms with van der Waals surface area (Å²) >= 11 is 0. The number of ether oxygens (including phenoxy) is 2. The van der Waals surface area contributed by atoms with Crippen molar-refractivity contribution in [2.75, 3.05) is 13.2 Å². The zero-order valence-corrected chi connectivity index (χ0v) is 19.3. The van der Waals surface area contributed by atoms with Gasteiger partial charge in [0, 0.05) is 6.54 Å². The molecule has 3 atom stereocenters. The van der Waals surface area contributed by atoms with E-state index in [0.29, 0.717) is 25.5 Å². The molecular formula is C24H35N3O4. The number of carbonyl (C=O) groups is 2. The van der Waals surface area contributed by atoms with Gasteiger partial charge in [-0.25, -0.2) is 9.79 Å². The van der Waals surface area contributed by atoms with E-state index in [1.54, 1.807) is 0 Å². The number of benzene rings is 1. The molecule has 0 bridgehead atoms. The van der Waals surface area contributed by atoms with Gasteiger partial charge in [0.25, 0.3) is 0 Å². The molecule has 7 heteroatoms. The zero-order valence-electron chi connectivity index (χ0n) is 19.3. The van der Waals surface area contributed by atoms with Crippen molar-refractivity contribution in [1.29, 1.82) is 0 Å². The first-order valence-electron chi connectivity index (χ1n) is 11.2. The lowest BCUT2D eigenvalue weighted by atomic mass is 10.0. The Labute approximate surface area is 185 Å². The highest BCUT2D eigenvalue weighted by Crippen LogP contribution is 2.22. The van der Waals surface area contributed by atoms with Crippen molar-refractivity contribution in [3.63, 3.8) is 0 Å². The van der Waals surface area contributed by atoms with Crippen molar-refractivity contribution in [3.8, 4) is 0 Å². The van der Waals surface area contributed by atoms with Gasteiger partial charge in [-0.05, 0) is 51.5 Å². The van der Waals surface area contributed by atoms with Gasteiger partial charge in [0.05, 0.1) is 6.04 Å². The first kappa shape index (κ1) is 23.1. The second-order valence-corrected chi connectivity index (χ2v) is 9.68. The molecule has 1 N–H and O–H groups in total. The number of carbonyl (C=O) groups excluding carboxylic acids is 2. The van der Waals surface area contributed by atoms with Crippen LogP contribution in [0.1, 0.15) is 53.0 Å². The maximum Gasteiger partial charge on any atom is 0.410 e. The van der Waals surface area contributed by atoms with Gasteiger partial charge in [0.1, 0.15) is 24.3 Å². The summed E-state index contributed by atoms with van der Waals surface area (Å²) in [5, 5.41) is 3.09. The Morgan fingerprint density at radius 1 is 1.26 bits per heavy atom. The predicted octanol–water partition coefficient (Wildman–Crippen LogP) is 3.57. The lowest BCUT2D eigenvalue weighted by Gasteiger charge is -2.29. The molecule has 2 heterocycles. The smallest absolute Gasteiger partial charge is 0.410 e. The first-order chi connectivity index (χ1) is 14.6. The summed E-state index contributed by atoms with van der Waals surface area (Å²) in [5.74, 6) is 0.500. The third kappa shape index (κ3) is 6.21. The van der Waals surface area contributed by atoms with E-state index in [9.17, 15) is 9.59 Å². The monoisotopic (exact) mass is 429 g/mol. The Kier molecular flexibility index (Phi) is 7.23. The van der Waals surface area contributed by atoms with Gasteiger partial charge in [-0.1, -0.05) is 44.2 Å². The Morgan fingerprint density at radius 3 is 2.61 bits per heavy atom. The van der Waals surface area contributed by atoms with E-state index in [0.717, 1.165) is 12.8 Å². The average Bonchev–Trinajstić information content (AvgIpc) is 3.35. The van der Waals surface area contributed by atoms with Gasteiger partial charge in [-0.2, -0.15) is 0 Å². The van der Waals surface area contributed by atoms with Crippen molar-refractivity contribution < 1.29 is 19.1 Å². The fourth-order valence-electron chi connectivity index (χ4n) is 3.94. The summed E-state index contributed by atoms with van der Waals surface area (Å²) < 4.78 is 11.4. The van der Waals surface area contributed by atoms with Crippen LogP contribution in [-0.2, 0) is 20.7 Å². The van der Waals surface area contributed by atoms with Crippen LogP contribution in [0.2, 0.25) is 0 Å². The van der Waals surface area contributed by atoms with E-state index in [1.165, 1.54) is 10.5 Å². The van der Waals surface area contributed by atoms with Crippen molar-refractivity contribution in [3.05, 3.63) is 35.9 Å². The number of nitrogens with one attached hydrogen (secondary N) is 1. The van der Waals surface area contributed by atoms with Crippen molar-refractivity contribution >= 4 is 17.9 Å². The molecule has 1 saturated heterocycles. The molecule has 170 valence electrons. The molecule has 0 radical (unpaired) electrons. The molecule has 0 unspecified atom stereocenters. The van der Waals surface area contributed by atoms with Crippen LogP contribution in [0.5, 0.6) is 0 Å². The van der Waals surface area contributed by atoms with Crippen molar-refractivity contribution in [2.45, 2.75) is 77.6 Å². The fraction of sp³-hybridized carbons (Fsp3) is 0.625. The maximum absolute atomic E-state index is 13.1. The van der Waals surface area contributed by atoms with Gasteiger partial charge >= 0.3 is 6.09 Å². The van der Waals surface area contributed by atoms with Crippen LogP contribution in [0, 0.1) is 5.92 Å². The van der Waals surface area contributed by atoms with Gasteiger partial charge in [-0.3, -0.25) is 9.69 Å². The molecule has 1 aromatic rings. The number of nitrogens with zero attached hydrogens (tertiary/aromatic N) is 2. The van der Waals surface area contributed by atoms with E-state index in [1.807, 2.05) is 52.8 Å². The van der Waals surface area contributed by atoms with Gasteiger partial charge in [-0.15, -0.1) is 0 Å². The van der Waals surface area contributed by atoms with E-state index in [2.05, 4.69) is 17.4 Å². The molecule has 0 aliphatic carbocycles. The summed E-state index contributed by atoms with van der Waals surface area (Å²) in [7, 11) is 0. The molecule has 1 aromatic carbocycles. The summed E-state index contributed by atoms with van der Waals surface area (Å²) in [6, 6.07) is 9.39. The third-order valence-corrected chi connectivity index (χ3v) is 5.46. The minimum Gasteiger partial charge on any atom is -0.477 e. The number of rotatable bonds is 6. The van der Waals surface area contributed by atoms with E-state index in [4.69, 9.17) is 14.5 Å². The minimum atomic E-state index is -0.596. The summed E-state index contributed by atoms with van der Waals surface area (Å²) in [5.41, 5.74) is 0.617. The topological polar surface area (TPSA) is 80.2 Å². The van der Waals surface area contributed by atoms with Gasteiger partial charge < -0.3 is 14.8 Å². The van der Waals surface area contributed by atoms with Crippen LogP contribution < -0.4 is 5.32 Å². The molecule has 0 aromatic heterocycles. The largest absolute Gasteiger partial charge is 0.477 e. The van der Waals surface area contributed by atoms with E-state index < -0.39 is 17.7 Å². The number of likely N-dealkylation sites (tertiary alicyclic amines) is 1. The van der Waals surface area contributed by atoms with Gasteiger partial charge in [0.2, 0.25) is 11.8 Å². The quantitative estimate of drug-likeness (QED) is 0.750. The third-order valence-electron chi connectivity index (χ3n) is 5.46. The van der Waals surface area contributed by atoms with Crippen LogP contribution >= 0.6 is 0 Å². The SMILES string of the molecule is CC(C)[C@H](NC(=O)[C@@H]1CCCN1C(=O)OC(C)(C)C)C1=N[C@H](Cc2ccccc2)CO1. The zero-order chi connectivity index (χ0) is 22.6. The molecule has 1 fully saturated rings. The lowest BCUT2D eigenvalue weighted by molar-refractivity contribution is -0.126. The second-order valence-electron chi connectivity index (χ2n) is 9.68. The standard InChI is InChI=1S/C24H35N3O4/c1-16(2)20(22-25-18(15-30-22)14-17-10-7-6-8-11-17)26-21(28)19-12-9-13-27(19)23(29)31-24(3,4)5/h6-8,10-11,16,18-20H,9,12-15H2,1-5H3,(H,26,28)/t18-,19+,20+/m1/s1. The maximum atomic E-state index is 13.1. The highest BCUT2D eigenvalue weighted by Gasteiger charge is 2.39. The number of hydrogen-bond acceptors (Lipinski definition) is 5. The lowest BCUT2D eigenvalue weighted by Crippen LogP contribution is -2.53. The summed E-state index contributed by atoms with van der Waals surface area (Å²) in [6.45, 7) is 10.6. The van der Waals surface area contributed by atoms with Crippen LogP contribution in [0.4, 0.5) is 4.79 Å². The Morgan fingerprint density at radius 2 is 1.97 bits per heavy atom. The molecular weight excluding hydrogens is 394 g/mol. The Balaban J connectivity index is 1.65. The van der Waals surface area contributed by atoms with Crippen LogP contribution in [-0.4, -0.2) is 59.7 Å². The highest BCUT2D eigenvalue weighted by atomic mass is 16.6. The fourth-order valence-corrected chi connectivity index (χ4v) is 3.94. The van der Waals surface area contributed by atoms with Crippen LogP contribution in [0.15, 0.2) is 35.3 Å². The molecule has 2 aliphatic rings. The average molecular weight is 430 g/mol. The summed E-state index contributed by atoms with van der Waals surface area (Å²) in [6.07, 6.45) is 1.77. The molecule has 7 nitrogen and oxygen atoms in total. The van der Waals surface area contributed by atoms with Crippen LogP contribution in [0.3, 0.4) is 0 Å². The molecule has 31 heavy (non-hydrogen) atoms.